The lowest BCUT2D eigenvalue weighted by Gasteiger charge is -2.35. The fourth-order valence-corrected chi connectivity index (χ4v) is 3.33. The summed E-state index contributed by atoms with van der Waals surface area (Å²) in [7, 11) is -0.405. The highest BCUT2D eigenvalue weighted by Crippen LogP contribution is 2.47. The van der Waals surface area contributed by atoms with Crippen molar-refractivity contribution in [3.8, 4) is 0 Å². The second-order valence-electron chi connectivity index (χ2n) is 6.56. The average molecular weight is 490 g/mol. The van der Waals surface area contributed by atoms with E-state index >= 15 is 0 Å². The van der Waals surface area contributed by atoms with Gasteiger partial charge in [0, 0.05) is 12.8 Å². The second kappa shape index (κ2) is 10.6. The van der Waals surface area contributed by atoms with E-state index in [1.54, 1.807) is 24.3 Å². The van der Waals surface area contributed by atoms with Gasteiger partial charge in [0.15, 0.2) is 0 Å². The Bertz CT molecular complexity index is 901. The van der Waals surface area contributed by atoms with E-state index in [0.717, 1.165) is 5.56 Å². The fraction of sp³-hybridized carbons (Fsp3) is 0.529. The summed E-state index contributed by atoms with van der Waals surface area (Å²) in [6.07, 6.45) is -14.8. The summed E-state index contributed by atoms with van der Waals surface area (Å²) in [5, 5.41) is 0. The first-order valence-electron chi connectivity index (χ1n) is 8.75. The van der Waals surface area contributed by atoms with Crippen molar-refractivity contribution in [2.75, 3.05) is 5.75 Å². The van der Waals surface area contributed by atoms with Crippen molar-refractivity contribution in [2.45, 2.75) is 50.1 Å². The molecule has 0 aliphatic rings. The molecule has 0 spiro atoms. The molecule has 0 atom stereocenters. The molecule has 1 aromatic carbocycles. The van der Waals surface area contributed by atoms with Crippen LogP contribution in [0.25, 0.3) is 0 Å². The van der Waals surface area contributed by atoms with Crippen molar-refractivity contribution in [1.29, 1.82) is 0 Å². The lowest BCUT2D eigenvalue weighted by atomic mass is 9.96. The summed E-state index contributed by atoms with van der Waals surface area (Å²) in [5.41, 5.74) is -4.14. The van der Waals surface area contributed by atoms with E-state index in [1.165, 1.54) is 0 Å². The van der Waals surface area contributed by atoms with Crippen LogP contribution in [0.3, 0.4) is 0 Å². The van der Waals surface area contributed by atoms with Crippen LogP contribution in [0, 0.1) is 0 Å². The number of esters is 2. The monoisotopic (exact) mass is 490 g/mol. The summed E-state index contributed by atoms with van der Waals surface area (Å²) >= 11 is 0. The van der Waals surface area contributed by atoms with Crippen LogP contribution in [0.4, 0.5) is 26.3 Å². The van der Waals surface area contributed by atoms with Gasteiger partial charge in [0.25, 0.3) is 10.1 Å². The minimum Gasteiger partial charge on any atom is -0.461 e. The highest BCUT2D eigenvalue weighted by Gasteiger charge is 2.75. The summed E-state index contributed by atoms with van der Waals surface area (Å²) in [4.78, 5) is 23.3. The zero-order chi connectivity index (χ0) is 24.8. The quantitative estimate of drug-likeness (QED) is 0.233. The predicted octanol–water partition coefficient (Wildman–Crippen LogP) is 2.86. The number of rotatable bonds is 10. The van der Waals surface area contributed by atoms with Crippen molar-refractivity contribution in [1.82, 2.24) is 0 Å². The van der Waals surface area contributed by atoms with Gasteiger partial charge < -0.3 is 9.47 Å². The first-order chi connectivity index (χ1) is 14.5. The Morgan fingerprint density at radius 1 is 0.969 bits per heavy atom. The third-order valence-electron chi connectivity index (χ3n) is 3.98. The van der Waals surface area contributed by atoms with E-state index in [4.69, 9.17) is 17.1 Å². The first kappa shape index (κ1) is 27.7. The second-order valence-corrected chi connectivity index (χ2v) is 8.01. The van der Waals surface area contributed by atoms with Crippen molar-refractivity contribution in [3.05, 3.63) is 35.4 Å². The van der Waals surface area contributed by atoms with E-state index in [0.29, 0.717) is 5.56 Å². The summed E-state index contributed by atoms with van der Waals surface area (Å²) in [6, 6.07) is 6.64. The number of hydrogen-bond acceptors (Lipinski definition) is 6. The van der Waals surface area contributed by atoms with Gasteiger partial charge in [-0.15, -0.1) is 0 Å². The maximum absolute atomic E-state index is 13.1. The standard InChI is InChI=1S/C17H17BF6O7S/c18-8-11-3-1-4-12(7-11)9-30-13(25)5-2-6-14(26)31-15(16(19,20)21,17(22,23)24)10-32(27,28)29/h1,3-4,7H,2,5-6,8-10H2,(H,27,28,29). The van der Waals surface area contributed by atoms with E-state index in [-0.39, 0.29) is 12.9 Å². The van der Waals surface area contributed by atoms with Gasteiger partial charge in [-0.05, 0) is 12.0 Å². The highest BCUT2D eigenvalue weighted by molar-refractivity contribution is 7.85. The van der Waals surface area contributed by atoms with Gasteiger partial charge in [-0.25, -0.2) is 0 Å². The Hall–Kier alpha value is -2.29. The van der Waals surface area contributed by atoms with E-state index < -0.39 is 65.0 Å². The molecule has 1 N–H and O–H groups in total. The van der Waals surface area contributed by atoms with E-state index in [1.807, 2.05) is 0 Å². The fourth-order valence-electron chi connectivity index (χ4n) is 2.43. The number of ether oxygens (including phenoxy) is 2. The van der Waals surface area contributed by atoms with Gasteiger partial charge in [-0.3, -0.25) is 14.1 Å². The molecular formula is C17H17BF6O7S. The Morgan fingerprint density at radius 2 is 1.50 bits per heavy atom. The van der Waals surface area contributed by atoms with Crippen LogP contribution in [0.2, 0.25) is 0 Å². The number of benzene rings is 1. The van der Waals surface area contributed by atoms with Gasteiger partial charge in [-0.2, -0.15) is 34.8 Å². The lowest BCUT2D eigenvalue weighted by molar-refractivity contribution is -0.361. The van der Waals surface area contributed by atoms with Gasteiger partial charge in [-0.1, -0.05) is 36.1 Å². The minimum atomic E-state index is -6.41. The van der Waals surface area contributed by atoms with Gasteiger partial charge in [0.2, 0.25) is 0 Å². The molecule has 0 aliphatic carbocycles. The Balaban J connectivity index is 2.72. The molecule has 0 aliphatic heterocycles. The largest absolute Gasteiger partial charge is 0.461 e. The van der Waals surface area contributed by atoms with Crippen molar-refractivity contribution in [3.63, 3.8) is 0 Å². The molecule has 0 aromatic heterocycles. The molecule has 0 heterocycles. The molecular weight excluding hydrogens is 473 g/mol. The summed E-state index contributed by atoms with van der Waals surface area (Å²) in [5.74, 6) is -5.94. The molecule has 0 bridgehead atoms. The smallest absolute Gasteiger partial charge is 0.438 e. The number of carbonyl (C=O) groups excluding carboxylic acids is 2. The predicted molar refractivity (Wildman–Crippen MR) is 96.9 cm³/mol. The zero-order valence-corrected chi connectivity index (χ0v) is 17.0. The molecule has 0 amide bonds. The zero-order valence-electron chi connectivity index (χ0n) is 16.2. The Kier molecular flexibility index (Phi) is 9.15. The van der Waals surface area contributed by atoms with Crippen LogP contribution >= 0.6 is 0 Å². The van der Waals surface area contributed by atoms with Crippen LogP contribution in [0.15, 0.2) is 24.3 Å². The number of carbonyl (C=O) groups is 2. The van der Waals surface area contributed by atoms with Gasteiger partial charge >= 0.3 is 29.9 Å². The summed E-state index contributed by atoms with van der Waals surface area (Å²) < 4.78 is 117. The molecule has 0 saturated heterocycles. The third kappa shape index (κ3) is 8.00. The number of hydrogen-bond donors (Lipinski definition) is 1. The first-order valence-corrected chi connectivity index (χ1v) is 10.4. The Labute approximate surface area is 180 Å². The number of alkyl halides is 6. The molecule has 32 heavy (non-hydrogen) atoms. The molecule has 15 heteroatoms. The highest BCUT2D eigenvalue weighted by atomic mass is 32.2. The normalized spacial score (nSPS) is 13.0. The molecule has 178 valence electrons. The third-order valence-corrected chi connectivity index (χ3v) is 4.75. The van der Waals surface area contributed by atoms with Crippen LogP contribution < -0.4 is 0 Å². The lowest BCUT2D eigenvalue weighted by Crippen LogP contribution is -2.63. The topological polar surface area (TPSA) is 107 Å². The Morgan fingerprint density at radius 3 is 2.00 bits per heavy atom. The van der Waals surface area contributed by atoms with Gasteiger partial charge in [0.05, 0.1) is 7.85 Å². The van der Waals surface area contributed by atoms with Crippen molar-refractivity contribution >= 4 is 29.9 Å². The maximum Gasteiger partial charge on any atom is 0.438 e. The van der Waals surface area contributed by atoms with Crippen molar-refractivity contribution in [2.24, 2.45) is 0 Å². The molecule has 2 radical (unpaired) electrons. The van der Waals surface area contributed by atoms with Crippen LogP contribution in [0.5, 0.6) is 0 Å². The number of halogens is 6. The molecule has 1 rings (SSSR count). The summed E-state index contributed by atoms with van der Waals surface area (Å²) in [6.45, 7) is -0.184. The van der Waals surface area contributed by atoms with Crippen molar-refractivity contribution < 1.29 is 58.4 Å². The SMILES string of the molecule is [B]Cc1cccc(COC(=O)CCCC(=O)OC(CS(=O)(=O)O)(C(F)(F)F)C(F)(F)F)c1. The maximum atomic E-state index is 13.1. The van der Waals surface area contributed by atoms with Crippen LogP contribution in [0.1, 0.15) is 30.4 Å². The molecule has 0 fully saturated rings. The van der Waals surface area contributed by atoms with E-state index in [9.17, 15) is 44.3 Å². The van der Waals surface area contributed by atoms with E-state index in [2.05, 4.69) is 4.74 Å². The molecule has 7 nitrogen and oxygen atoms in total. The molecule has 0 saturated carbocycles. The minimum absolute atomic E-state index is 0.184. The van der Waals surface area contributed by atoms with Crippen LogP contribution in [-0.4, -0.2) is 56.5 Å². The average Bonchev–Trinajstić information content (AvgIpc) is 2.63. The van der Waals surface area contributed by atoms with Gasteiger partial charge in [0.1, 0.15) is 12.4 Å². The molecule has 0 unspecified atom stereocenters. The van der Waals surface area contributed by atoms with Crippen LogP contribution in [-0.2, 0) is 42.1 Å². The molecule has 1 aromatic rings.